The van der Waals surface area contributed by atoms with E-state index < -0.39 is 0 Å². The summed E-state index contributed by atoms with van der Waals surface area (Å²) >= 11 is 0. The van der Waals surface area contributed by atoms with Crippen molar-refractivity contribution >= 4 is 28.8 Å². The van der Waals surface area contributed by atoms with Crippen LogP contribution >= 0.6 is 0 Å². The molecule has 0 saturated carbocycles. The Balaban J connectivity index is 1.80. The number of nitrogens with two attached hydrogens (primary N) is 1. The van der Waals surface area contributed by atoms with E-state index in [2.05, 4.69) is 20.0 Å². The van der Waals surface area contributed by atoms with Gasteiger partial charge in [0.05, 0.1) is 30.5 Å². The van der Waals surface area contributed by atoms with Crippen LogP contribution in [0.3, 0.4) is 0 Å². The van der Waals surface area contributed by atoms with Gasteiger partial charge in [0.2, 0.25) is 17.8 Å². The fourth-order valence-corrected chi connectivity index (χ4v) is 3.45. The highest BCUT2D eigenvalue weighted by Crippen LogP contribution is 2.28. The number of nitrogens with zero attached hydrogens (tertiary/aromatic N) is 8. The zero-order valence-electron chi connectivity index (χ0n) is 17.2. The molecular weight excluding hydrogens is 386 g/mol. The molecule has 1 aliphatic heterocycles. The van der Waals surface area contributed by atoms with Crippen LogP contribution in [0.1, 0.15) is 13.8 Å². The molecule has 158 valence electrons. The van der Waals surface area contributed by atoms with Crippen LogP contribution in [0.2, 0.25) is 0 Å². The summed E-state index contributed by atoms with van der Waals surface area (Å²) in [6.07, 6.45) is 4.94. The first-order valence-corrected chi connectivity index (χ1v) is 10.0. The van der Waals surface area contributed by atoms with Crippen molar-refractivity contribution in [3.8, 4) is 11.3 Å². The second-order valence-corrected chi connectivity index (χ2v) is 6.91. The number of anilines is 2. The molecule has 30 heavy (non-hydrogen) atoms. The minimum Gasteiger partial charge on any atom is -0.378 e. The number of hydrogen-bond donors (Lipinski definition) is 1. The molecule has 0 bridgehead atoms. The third-order valence-corrected chi connectivity index (χ3v) is 5.12. The first-order chi connectivity index (χ1) is 14.6. The van der Waals surface area contributed by atoms with Crippen LogP contribution in [0.5, 0.6) is 0 Å². The molecule has 1 fully saturated rings. The quantitative estimate of drug-likeness (QED) is 0.619. The van der Waals surface area contributed by atoms with E-state index in [1.165, 1.54) is 0 Å². The van der Waals surface area contributed by atoms with Crippen LogP contribution in [0.4, 0.5) is 11.9 Å². The smallest absolute Gasteiger partial charge is 0.244 e. The lowest BCUT2D eigenvalue weighted by Crippen LogP contribution is -2.37. The number of amides is 1. The molecule has 11 heteroatoms. The maximum atomic E-state index is 12.7. The van der Waals surface area contributed by atoms with Gasteiger partial charge in [-0.2, -0.15) is 10.1 Å². The van der Waals surface area contributed by atoms with Gasteiger partial charge in [-0.05, 0) is 13.8 Å². The summed E-state index contributed by atoms with van der Waals surface area (Å²) < 4.78 is 7.08. The minimum atomic E-state index is -0.00565. The van der Waals surface area contributed by atoms with E-state index in [9.17, 15) is 4.79 Å². The van der Waals surface area contributed by atoms with Crippen molar-refractivity contribution in [3.05, 3.63) is 18.6 Å². The average Bonchev–Trinajstić information content (AvgIpc) is 3.18. The fourth-order valence-electron chi connectivity index (χ4n) is 3.45. The number of morpholine rings is 1. The van der Waals surface area contributed by atoms with E-state index in [0.717, 1.165) is 5.39 Å². The maximum absolute atomic E-state index is 12.7. The van der Waals surface area contributed by atoms with E-state index in [-0.39, 0.29) is 18.4 Å². The Labute approximate surface area is 173 Å². The normalized spacial score (nSPS) is 14.3. The Morgan fingerprint density at radius 3 is 2.50 bits per heavy atom. The van der Waals surface area contributed by atoms with E-state index in [1.54, 1.807) is 28.2 Å². The second-order valence-electron chi connectivity index (χ2n) is 6.91. The summed E-state index contributed by atoms with van der Waals surface area (Å²) in [4.78, 5) is 34.2. The third kappa shape index (κ3) is 3.88. The standard InChI is InChI=1S/C19H25N9O2/c1-3-26(4-2)15(29)12-28-17-14(11-23-28)16(13-9-21-18(20)22-10-13)24-19(25-17)27-5-7-30-8-6-27/h9-11H,3-8,12H2,1-2H3,(H2,20,21,22). The zero-order chi connectivity index (χ0) is 21.1. The number of likely N-dealkylation sites (N-methyl/N-ethyl adjacent to an activating group) is 1. The molecule has 0 unspecified atom stereocenters. The molecule has 11 nitrogen and oxygen atoms in total. The number of nitrogen functional groups attached to an aromatic ring is 1. The van der Waals surface area contributed by atoms with Crippen molar-refractivity contribution in [2.45, 2.75) is 20.4 Å². The topological polar surface area (TPSA) is 128 Å². The Morgan fingerprint density at radius 2 is 1.83 bits per heavy atom. The van der Waals surface area contributed by atoms with Crippen LogP contribution in [-0.2, 0) is 16.1 Å². The first-order valence-electron chi connectivity index (χ1n) is 10.0. The summed E-state index contributed by atoms with van der Waals surface area (Å²) in [5, 5.41) is 5.16. The highest BCUT2D eigenvalue weighted by Gasteiger charge is 2.21. The summed E-state index contributed by atoms with van der Waals surface area (Å²) in [7, 11) is 0. The highest BCUT2D eigenvalue weighted by molar-refractivity contribution is 5.91. The Bertz CT molecular complexity index is 1020. The minimum absolute atomic E-state index is 0.00565. The van der Waals surface area contributed by atoms with Crippen LogP contribution < -0.4 is 10.6 Å². The average molecular weight is 411 g/mol. The zero-order valence-corrected chi connectivity index (χ0v) is 17.2. The van der Waals surface area contributed by atoms with Gasteiger partial charge in [-0.25, -0.2) is 19.6 Å². The lowest BCUT2D eigenvalue weighted by Gasteiger charge is -2.27. The maximum Gasteiger partial charge on any atom is 0.244 e. The SMILES string of the molecule is CCN(CC)C(=O)Cn1ncc2c(-c3cnc(N)nc3)nc(N3CCOCC3)nc21. The van der Waals surface area contributed by atoms with Crippen LogP contribution in [0.15, 0.2) is 18.6 Å². The number of carbonyl (C=O) groups is 1. The van der Waals surface area contributed by atoms with E-state index in [4.69, 9.17) is 20.4 Å². The largest absolute Gasteiger partial charge is 0.378 e. The van der Waals surface area contributed by atoms with Crippen molar-refractivity contribution in [1.29, 1.82) is 0 Å². The molecule has 0 spiro atoms. The second kappa shape index (κ2) is 8.57. The molecule has 4 heterocycles. The molecule has 1 aliphatic rings. The molecule has 0 atom stereocenters. The van der Waals surface area contributed by atoms with Gasteiger partial charge in [0.1, 0.15) is 6.54 Å². The lowest BCUT2D eigenvalue weighted by molar-refractivity contribution is -0.131. The number of aromatic nitrogens is 6. The monoisotopic (exact) mass is 411 g/mol. The number of carbonyl (C=O) groups excluding carboxylic acids is 1. The molecular formula is C19H25N9O2. The van der Waals surface area contributed by atoms with Gasteiger partial charge in [0.15, 0.2) is 5.65 Å². The summed E-state index contributed by atoms with van der Waals surface area (Å²) in [5.41, 5.74) is 7.60. The summed E-state index contributed by atoms with van der Waals surface area (Å²) in [6, 6.07) is 0. The van der Waals surface area contributed by atoms with Gasteiger partial charge in [-0.1, -0.05) is 0 Å². The molecule has 2 N–H and O–H groups in total. The Kier molecular flexibility index (Phi) is 5.70. The lowest BCUT2D eigenvalue weighted by atomic mass is 10.2. The summed E-state index contributed by atoms with van der Waals surface area (Å²) in [5.74, 6) is 0.751. The van der Waals surface area contributed by atoms with Crippen molar-refractivity contribution < 1.29 is 9.53 Å². The van der Waals surface area contributed by atoms with Crippen molar-refractivity contribution in [1.82, 2.24) is 34.6 Å². The van der Waals surface area contributed by atoms with Crippen molar-refractivity contribution in [2.75, 3.05) is 50.0 Å². The Morgan fingerprint density at radius 1 is 1.13 bits per heavy atom. The molecule has 4 rings (SSSR count). The number of ether oxygens (including phenoxy) is 1. The fraction of sp³-hybridized carbons (Fsp3) is 0.474. The van der Waals surface area contributed by atoms with E-state index >= 15 is 0 Å². The van der Waals surface area contributed by atoms with E-state index in [1.807, 2.05) is 13.8 Å². The van der Waals surface area contributed by atoms with Crippen LogP contribution in [0, 0.1) is 0 Å². The van der Waals surface area contributed by atoms with Gasteiger partial charge in [0, 0.05) is 44.1 Å². The van der Waals surface area contributed by atoms with Gasteiger partial charge < -0.3 is 20.3 Å². The number of fused-ring (bicyclic) bond motifs is 1. The van der Waals surface area contributed by atoms with Crippen molar-refractivity contribution in [2.24, 2.45) is 0 Å². The van der Waals surface area contributed by atoms with Gasteiger partial charge in [0.25, 0.3) is 0 Å². The van der Waals surface area contributed by atoms with Crippen molar-refractivity contribution in [3.63, 3.8) is 0 Å². The molecule has 3 aromatic heterocycles. The molecule has 1 amide bonds. The molecule has 0 radical (unpaired) electrons. The molecule has 1 saturated heterocycles. The third-order valence-electron chi connectivity index (χ3n) is 5.12. The number of rotatable bonds is 6. The summed E-state index contributed by atoms with van der Waals surface area (Å²) in [6.45, 7) is 7.94. The van der Waals surface area contributed by atoms with Crippen LogP contribution in [0.25, 0.3) is 22.3 Å². The Hall–Kier alpha value is -3.34. The molecule has 3 aromatic rings. The predicted octanol–water partition coefficient (Wildman–Crippen LogP) is 0.571. The highest BCUT2D eigenvalue weighted by atomic mass is 16.5. The van der Waals surface area contributed by atoms with Gasteiger partial charge in [-0.3, -0.25) is 4.79 Å². The molecule has 0 aromatic carbocycles. The van der Waals surface area contributed by atoms with E-state index in [0.29, 0.717) is 62.2 Å². The van der Waals surface area contributed by atoms with Gasteiger partial charge >= 0.3 is 0 Å². The first kappa shape index (κ1) is 20.0. The number of hydrogen-bond acceptors (Lipinski definition) is 9. The predicted molar refractivity (Wildman–Crippen MR) is 112 cm³/mol. The molecule has 0 aliphatic carbocycles. The van der Waals surface area contributed by atoms with Crippen LogP contribution in [-0.4, -0.2) is 79.9 Å². The van der Waals surface area contributed by atoms with Gasteiger partial charge in [-0.15, -0.1) is 0 Å².